The van der Waals surface area contributed by atoms with Gasteiger partial charge in [-0.3, -0.25) is 14.6 Å². The highest BCUT2D eigenvalue weighted by atomic mass is 19.4. The van der Waals surface area contributed by atoms with Gasteiger partial charge in [-0.1, -0.05) is 42.5 Å². The number of alkyl halides is 3. The topological polar surface area (TPSA) is 59.9 Å². The summed E-state index contributed by atoms with van der Waals surface area (Å²) in [5, 5.41) is 0. The zero-order valence-corrected chi connectivity index (χ0v) is 17.9. The fourth-order valence-electron chi connectivity index (χ4n) is 2.95. The van der Waals surface area contributed by atoms with Crippen LogP contribution in [0.25, 0.3) is 0 Å². The van der Waals surface area contributed by atoms with Crippen molar-refractivity contribution >= 4 is 11.8 Å². The number of allylic oxidation sites excluding steroid dienone is 5. The SMILES string of the molecule is CN=C(NOCCCC(=O)OC(c1ccccc1C)C(F)(F)F)/C1=C/C=C(/F)C/C=C\C1. The lowest BCUT2D eigenvalue weighted by Gasteiger charge is -2.22. The molecule has 9 heteroatoms. The first-order valence-corrected chi connectivity index (χ1v) is 10.1. The van der Waals surface area contributed by atoms with Crippen LogP contribution in [0, 0.1) is 6.92 Å². The number of hydroxylamine groups is 1. The minimum Gasteiger partial charge on any atom is -0.448 e. The fourth-order valence-corrected chi connectivity index (χ4v) is 2.95. The van der Waals surface area contributed by atoms with Crippen molar-refractivity contribution < 1.29 is 31.9 Å². The normalized spacial score (nSPS) is 20.1. The van der Waals surface area contributed by atoms with Crippen LogP contribution in [-0.2, 0) is 14.4 Å². The van der Waals surface area contributed by atoms with Gasteiger partial charge in [0, 0.05) is 31.0 Å². The molecule has 174 valence electrons. The molecule has 0 radical (unpaired) electrons. The van der Waals surface area contributed by atoms with Crippen molar-refractivity contribution in [2.45, 2.75) is 44.9 Å². The second-order valence-corrected chi connectivity index (χ2v) is 7.08. The van der Waals surface area contributed by atoms with Gasteiger partial charge in [0.25, 0.3) is 0 Å². The molecule has 2 rings (SSSR count). The maximum absolute atomic E-state index is 13.4. The van der Waals surface area contributed by atoms with E-state index in [9.17, 15) is 22.4 Å². The molecule has 32 heavy (non-hydrogen) atoms. The van der Waals surface area contributed by atoms with Gasteiger partial charge < -0.3 is 4.74 Å². The minimum absolute atomic E-state index is 0.0302. The number of ether oxygens (including phenoxy) is 1. The highest BCUT2D eigenvalue weighted by Gasteiger charge is 2.44. The van der Waals surface area contributed by atoms with Gasteiger partial charge in [0.1, 0.15) is 11.7 Å². The molecule has 0 heterocycles. The van der Waals surface area contributed by atoms with E-state index in [2.05, 4.69) is 10.5 Å². The Kier molecular flexibility index (Phi) is 9.64. The zero-order valence-electron chi connectivity index (χ0n) is 17.9. The van der Waals surface area contributed by atoms with E-state index in [0.29, 0.717) is 23.4 Å². The molecule has 1 atom stereocenters. The number of hydrogen-bond acceptors (Lipinski definition) is 4. The third-order valence-corrected chi connectivity index (χ3v) is 4.62. The van der Waals surface area contributed by atoms with E-state index in [1.54, 1.807) is 18.2 Å². The molecule has 0 saturated heterocycles. The first kappa shape index (κ1) is 25.3. The number of hydrogen-bond donors (Lipinski definition) is 1. The lowest BCUT2D eigenvalue weighted by Crippen LogP contribution is -2.28. The van der Waals surface area contributed by atoms with Crippen LogP contribution in [-0.4, -0.2) is 31.6 Å². The monoisotopic (exact) mass is 454 g/mol. The molecule has 0 aliphatic heterocycles. The Labute approximate surface area is 184 Å². The number of aliphatic imine (C=N–C) groups is 1. The summed E-state index contributed by atoms with van der Waals surface area (Å²) in [5.41, 5.74) is 3.63. The number of nitrogens with one attached hydrogen (secondary N) is 1. The molecule has 0 spiro atoms. The van der Waals surface area contributed by atoms with E-state index in [1.165, 1.54) is 38.2 Å². The Morgan fingerprint density at radius 3 is 2.59 bits per heavy atom. The second-order valence-electron chi connectivity index (χ2n) is 7.08. The standard InChI is InChI=1S/C23H26F4N2O3/c1-16-8-3-6-11-19(16)21(23(25,26)27)32-20(30)12-7-15-31-29-22(28-2)17-9-4-5-10-18(24)14-13-17/h3-6,8,11,13-14,21H,7,9-10,12,15H2,1-2H3,(H,28,29)/b5-4-,17-13+,18-14+. The van der Waals surface area contributed by atoms with Crippen molar-refractivity contribution in [3.8, 4) is 0 Å². The Morgan fingerprint density at radius 2 is 1.91 bits per heavy atom. The van der Waals surface area contributed by atoms with Gasteiger partial charge in [0.2, 0.25) is 6.10 Å². The number of nitrogens with zero attached hydrogens (tertiary/aromatic N) is 1. The molecule has 0 fully saturated rings. The predicted octanol–water partition coefficient (Wildman–Crippen LogP) is 5.60. The molecule has 1 aromatic carbocycles. The highest BCUT2D eigenvalue weighted by Crippen LogP contribution is 2.37. The Bertz CT molecular complexity index is 905. The number of halogens is 4. The lowest BCUT2D eigenvalue weighted by molar-refractivity contribution is -0.224. The van der Waals surface area contributed by atoms with Gasteiger partial charge in [0.05, 0.1) is 6.61 Å². The summed E-state index contributed by atoms with van der Waals surface area (Å²) in [5.74, 6) is -0.868. The quantitative estimate of drug-likeness (QED) is 0.106. The van der Waals surface area contributed by atoms with Gasteiger partial charge in [-0.2, -0.15) is 13.2 Å². The maximum Gasteiger partial charge on any atom is 0.429 e. The van der Waals surface area contributed by atoms with E-state index in [4.69, 9.17) is 9.57 Å². The second kappa shape index (κ2) is 12.2. The number of aryl methyl sites for hydroxylation is 1. The van der Waals surface area contributed by atoms with Gasteiger partial charge in [-0.15, -0.1) is 0 Å². The summed E-state index contributed by atoms with van der Waals surface area (Å²) in [6.07, 6.45) is 0.0777. The highest BCUT2D eigenvalue weighted by molar-refractivity contribution is 5.98. The van der Waals surface area contributed by atoms with Crippen molar-refractivity contribution in [2.75, 3.05) is 13.7 Å². The Hall–Kier alpha value is -2.94. The molecule has 1 unspecified atom stereocenters. The summed E-state index contributed by atoms with van der Waals surface area (Å²) < 4.78 is 58.4. The van der Waals surface area contributed by atoms with E-state index >= 15 is 0 Å². The van der Waals surface area contributed by atoms with Crippen molar-refractivity contribution in [3.63, 3.8) is 0 Å². The summed E-state index contributed by atoms with van der Waals surface area (Å²) in [6.45, 7) is 1.56. The molecule has 1 aliphatic carbocycles. The average Bonchev–Trinajstić information content (AvgIpc) is 2.72. The largest absolute Gasteiger partial charge is 0.448 e. The minimum atomic E-state index is -4.72. The van der Waals surface area contributed by atoms with Crippen LogP contribution in [0.2, 0.25) is 0 Å². The van der Waals surface area contributed by atoms with E-state index < -0.39 is 18.2 Å². The van der Waals surface area contributed by atoms with Crippen molar-refractivity contribution in [1.82, 2.24) is 5.48 Å². The van der Waals surface area contributed by atoms with Crippen molar-refractivity contribution in [2.24, 2.45) is 4.99 Å². The smallest absolute Gasteiger partial charge is 0.429 e. The number of carbonyl (C=O) groups is 1. The summed E-state index contributed by atoms with van der Waals surface area (Å²) in [4.78, 5) is 21.3. The van der Waals surface area contributed by atoms with Crippen LogP contribution in [0.3, 0.4) is 0 Å². The number of benzene rings is 1. The Balaban J connectivity index is 1.83. The maximum atomic E-state index is 13.4. The molecule has 1 aromatic rings. The van der Waals surface area contributed by atoms with Crippen LogP contribution >= 0.6 is 0 Å². The molecule has 0 saturated carbocycles. The van der Waals surface area contributed by atoms with E-state index in [1.807, 2.05) is 6.08 Å². The number of esters is 1. The molecule has 0 aromatic heterocycles. The summed E-state index contributed by atoms with van der Waals surface area (Å²) >= 11 is 0. The number of amidine groups is 1. The van der Waals surface area contributed by atoms with Gasteiger partial charge >= 0.3 is 12.1 Å². The van der Waals surface area contributed by atoms with Gasteiger partial charge in [-0.05, 0) is 31.4 Å². The number of carbonyl (C=O) groups excluding carboxylic acids is 1. The van der Waals surface area contributed by atoms with Crippen LogP contribution < -0.4 is 5.48 Å². The van der Waals surface area contributed by atoms with Crippen molar-refractivity contribution in [3.05, 3.63) is 71.1 Å². The Morgan fingerprint density at radius 1 is 1.19 bits per heavy atom. The van der Waals surface area contributed by atoms with Gasteiger partial charge in [-0.25, -0.2) is 9.87 Å². The third-order valence-electron chi connectivity index (χ3n) is 4.62. The molecule has 1 N–H and O–H groups in total. The van der Waals surface area contributed by atoms with Crippen LogP contribution in [0.1, 0.15) is 42.9 Å². The lowest BCUT2D eigenvalue weighted by atomic mass is 10.0. The number of rotatable bonds is 8. The third kappa shape index (κ3) is 7.96. The van der Waals surface area contributed by atoms with Crippen LogP contribution in [0.4, 0.5) is 17.6 Å². The average molecular weight is 454 g/mol. The molecular formula is C23H26F4N2O3. The van der Waals surface area contributed by atoms with Gasteiger partial charge in [0.15, 0.2) is 0 Å². The van der Waals surface area contributed by atoms with E-state index in [0.717, 1.165) is 0 Å². The predicted molar refractivity (Wildman–Crippen MR) is 113 cm³/mol. The molecular weight excluding hydrogens is 428 g/mol. The molecule has 5 nitrogen and oxygen atoms in total. The fraction of sp³-hybridized carbons (Fsp3) is 0.391. The first-order chi connectivity index (χ1) is 15.2. The van der Waals surface area contributed by atoms with Crippen LogP contribution in [0.15, 0.2) is 65.0 Å². The van der Waals surface area contributed by atoms with E-state index in [-0.39, 0.29) is 37.3 Å². The molecule has 0 amide bonds. The van der Waals surface area contributed by atoms with Crippen LogP contribution in [0.5, 0.6) is 0 Å². The summed E-state index contributed by atoms with van der Waals surface area (Å²) in [6, 6.07) is 5.90. The molecule has 0 bridgehead atoms. The van der Waals surface area contributed by atoms with Crippen molar-refractivity contribution in [1.29, 1.82) is 0 Å². The summed E-state index contributed by atoms with van der Waals surface area (Å²) in [7, 11) is 1.54. The first-order valence-electron chi connectivity index (χ1n) is 10.1. The zero-order chi connectivity index (χ0) is 23.6. The molecule has 1 aliphatic rings.